The molecule has 0 radical (unpaired) electrons. The topological polar surface area (TPSA) is 42.4 Å². The number of aryl methyl sites for hydroxylation is 1. The highest BCUT2D eigenvalue weighted by molar-refractivity contribution is 5.54. The highest BCUT2D eigenvalue weighted by Gasteiger charge is 2.14. The first-order valence-corrected chi connectivity index (χ1v) is 6.35. The third kappa shape index (κ3) is 3.15. The molecule has 0 saturated carbocycles. The number of benzene rings is 1. The Kier molecular flexibility index (Phi) is 4.22. The van der Waals surface area contributed by atoms with E-state index in [1.165, 1.54) is 6.07 Å². The molecule has 1 aromatic heterocycles. The van der Waals surface area contributed by atoms with Gasteiger partial charge in [0.15, 0.2) is 0 Å². The minimum Gasteiger partial charge on any atom is -0.464 e. The van der Waals surface area contributed by atoms with E-state index in [1.807, 2.05) is 37.1 Å². The Bertz CT molecular complexity index is 551. The maximum Gasteiger partial charge on any atom is 0.146 e. The summed E-state index contributed by atoms with van der Waals surface area (Å²) in [6.45, 7) is 2.93. The van der Waals surface area contributed by atoms with Crippen LogP contribution in [0.2, 0.25) is 0 Å². The number of anilines is 1. The van der Waals surface area contributed by atoms with E-state index < -0.39 is 0 Å². The summed E-state index contributed by atoms with van der Waals surface area (Å²) in [6.07, 6.45) is 0.661. The van der Waals surface area contributed by atoms with Crippen LogP contribution in [0, 0.1) is 12.7 Å². The highest BCUT2D eigenvalue weighted by Crippen LogP contribution is 2.25. The highest BCUT2D eigenvalue weighted by atomic mass is 19.1. The number of para-hydroxylation sites is 1. The quantitative estimate of drug-likeness (QED) is 0.901. The molecule has 0 bridgehead atoms. The molecular weight excluding hydrogens is 243 g/mol. The standard InChI is InChI=1S/C15H19FN2O/c1-11-6-7-13(19-11)10-18(2)15-12(8-9-17)4-3-5-14(15)16/h3-7H,8-10,17H2,1-2H3. The van der Waals surface area contributed by atoms with Gasteiger partial charge in [0.05, 0.1) is 12.2 Å². The Morgan fingerprint density at radius 3 is 2.68 bits per heavy atom. The lowest BCUT2D eigenvalue weighted by atomic mass is 10.1. The summed E-state index contributed by atoms with van der Waals surface area (Å²) in [7, 11) is 1.86. The zero-order valence-electron chi connectivity index (χ0n) is 11.3. The van der Waals surface area contributed by atoms with E-state index in [4.69, 9.17) is 10.2 Å². The molecule has 0 unspecified atom stereocenters. The fourth-order valence-electron chi connectivity index (χ4n) is 2.23. The van der Waals surface area contributed by atoms with Crippen LogP contribution < -0.4 is 10.6 Å². The molecule has 0 aliphatic rings. The third-order valence-corrected chi connectivity index (χ3v) is 3.05. The molecule has 4 heteroatoms. The van der Waals surface area contributed by atoms with Crippen molar-refractivity contribution in [3.05, 3.63) is 53.2 Å². The third-order valence-electron chi connectivity index (χ3n) is 3.05. The monoisotopic (exact) mass is 262 g/mol. The van der Waals surface area contributed by atoms with E-state index in [1.54, 1.807) is 6.07 Å². The second-order valence-corrected chi connectivity index (χ2v) is 4.65. The smallest absolute Gasteiger partial charge is 0.146 e. The molecule has 2 aromatic rings. The van der Waals surface area contributed by atoms with Crippen LogP contribution in [0.4, 0.5) is 10.1 Å². The second kappa shape index (κ2) is 5.89. The fraction of sp³-hybridized carbons (Fsp3) is 0.333. The average molecular weight is 262 g/mol. The van der Waals surface area contributed by atoms with Gasteiger partial charge in [0.1, 0.15) is 17.3 Å². The van der Waals surface area contributed by atoms with Crippen molar-refractivity contribution in [1.29, 1.82) is 0 Å². The molecule has 0 saturated heterocycles. The van der Waals surface area contributed by atoms with Gasteiger partial charge in [-0.2, -0.15) is 0 Å². The first kappa shape index (κ1) is 13.6. The maximum absolute atomic E-state index is 14.0. The number of halogens is 1. The van der Waals surface area contributed by atoms with Crippen LogP contribution in [0.5, 0.6) is 0 Å². The number of nitrogens with zero attached hydrogens (tertiary/aromatic N) is 1. The van der Waals surface area contributed by atoms with E-state index in [-0.39, 0.29) is 5.82 Å². The molecule has 0 amide bonds. The van der Waals surface area contributed by atoms with Crippen molar-refractivity contribution in [3.8, 4) is 0 Å². The average Bonchev–Trinajstić information content (AvgIpc) is 2.75. The molecule has 3 nitrogen and oxygen atoms in total. The fourth-order valence-corrected chi connectivity index (χ4v) is 2.23. The van der Waals surface area contributed by atoms with Gasteiger partial charge in [0.2, 0.25) is 0 Å². The first-order valence-electron chi connectivity index (χ1n) is 6.35. The maximum atomic E-state index is 14.0. The summed E-state index contributed by atoms with van der Waals surface area (Å²) < 4.78 is 19.5. The number of hydrogen-bond acceptors (Lipinski definition) is 3. The van der Waals surface area contributed by atoms with Crippen molar-refractivity contribution in [2.24, 2.45) is 5.73 Å². The van der Waals surface area contributed by atoms with Crippen LogP contribution in [-0.2, 0) is 13.0 Å². The molecule has 0 fully saturated rings. The molecule has 0 aliphatic heterocycles. The van der Waals surface area contributed by atoms with Crippen molar-refractivity contribution >= 4 is 5.69 Å². The minimum absolute atomic E-state index is 0.225. The van der Waals surface area contributed by atoms with Crippen molar-refractivity contribution in [2.45, 2.75) is 19.9 Å². The van der Waals surface area contributed by atoms with Crippen LogP contribution in [-0.4, -0.2) is 13.6 Å². The molecule has 0 atom stereocenters. The molecule has 2 N–H and O–H groups in total. The molecule has 0 spiro atoms. The summed E-state index contributed by atoms with van der Waals surface area (Å²) in [4.78, 5) is 1.86. The van der Waals surface area contributed by atoms with Crippen molar-refractivity contribution in [1.82, 2.24) is 0 Å². The Hall–Kier alpha value is -1.81. The van der Waals surface area contributed by atoms with Gasteiger partial charge in [-0.05, 0) is 43.7 Å². The van der Waals surface area contributed by atoms with Gasteiger partial charge < -0.3 is 15.1 Å². The number of nitrogens with two attached hydrogens (primary N) is 1. The van der Waals surface area contributed by atoms with Gasteiger partial charge in [0.25, 0.3) is 0 Å². The van der Waals surface area contributed by atoms with Crippen LogP contribution in [0.15, 0.2) is 34.7 Å². The minimum atomic E-state index is -0.225. The van der Waals surface area contributed by atoms with Gasteiger partial charge >= 0.3 is 0 Å². The van der Waals surface area contributed by atoms with Crippen molar-refractivity contribution < 1.29 is 8.81 Å². The normalized spacial score (nSPS) is 10.7. The second-order valence-electron chi connectivity index (χ2n) is 4.65. The SMILES string of the molecule is Cc1ccc(CN(C)c2c(F)cccc2CCN)o1. The predicted molar refractivity (Wildman–Crippen MR) is 74.7 cm³/mol. The molecule has 0 aliphatic carbocycles. The lowest BCUT2D eigenvalue weighted by molar-refractivity contribution is 0.480. The van der Waals surface area contributed by atoms with E-state index in [9.17, 15) is 4.39 Å². The first-order chi connectivity index (χ1) is 9.11. The number of rotatable bonds is 5. The Balaban J connectivity index is 2.24. The van der Waals surface area contributed by atoms with Gasteiger partial charge in [0, 0.05) is 7.05 Å². The molecule has 19 heavy (non-hydrogen) atoms. The summed E-state index contributed by atoms with van der Waals surface area (Å²) >= 11 is 0. The molecule has 1 heterocycles. The summed E-state index contributed by atoms with van der Waals surface area (Å²) in [6, 6.07) is 8.92. The Labute approximate surface area is 112 Å². The number of hydrogen-bond donors (Lipinski definition) is 1. The van der Waals surface area contributed by atoms with Crippen LogP contribution in [0.25, 0.3) is 0 Å². The van der Waals surface area contributed by atoms with Gasteiger partial charge in [-0.15, -0.1) is 0 Å². The number of furan rings is 1. The Morgan fingerprint density at radius 1 is 1.26 bits per heavy atom. The zero-order chi connectivity index (χ0) is 13.8. The van der Waals surface area contributed by atoms with Gasteiger partial charge in [-0.3, -0.25) is 0 Å². The molecular formula is C15H19FN2O. The van der Waals surface area contributed by atoms with Crippen molar-refractivity contribution in [3.63, 3.8) is 0 Å². The van der Waals surface area contributed by atoms with Crippen molar-refractivity contribution in [2.75, 3.05) is 18.5 Å². The molecule has 2 rings (SSSR count). The van der Waals surface area contributed by atoms with Crippen LogP contribution >= 0.6 is 0 Å². The lowest BCUT2D eigenvalue weighted by Gasteiger charge is -2.22. The predicted octanol–water partition coefficient (Wildman–Crippen LogP) is 2.86. The Morgan fingerprint density at radius 2 is 2.05 bits per heavy atom. The van der Waals surface area contributed by atoms with Gasteiger partial charge in [-0.1, -0.05) is 12.1 Å². The lowest BCUT2D eigenvalue weighted by Crippen LogP contribution is -2.20. The van der Waals surface area contributed by atoms with E-state index >= 15 is 0 Å². The summed E-state index contributed by atoms with van der Waals surface area (Å²) in [5.41, 5.74) is 7.10. The van der Waals surface area contributed by atoms with E-state index in [2.05, 4.69) is 0 Å². The van der Waals surface area contributed by atoms with E-state index in [0.29, 0.717) is 25.2 Å². The molecule has 102 valence electrons. The van der Waals surface area contributed by atoms with Gasteiger partial charge in [-0.25, -0.2) is 4.39 Å². The molecule has 1 aromatic carbocycles. The van der Waals surface area contributed by atoms with Crippen LogP contribution in [0.1, 0.15) is 17.1 Å². The van der Waals surface area contributed by atoms with E-state index in [0.717, 1.165) is 17.1 Å². The summed E-state index contributed by atoms with van der Waals surface area (Å²) in [5.74, 6) is 1.46. The summed E-state index contributed by atoms with van der Waals surface area (Å²) in [5, 5.41) is 0. The zero-order valence-corrected chi connectivity index (χ0v) is 11.3. The van der Waals surface area contributed by atoms with Crippen LogP contribution in [0.3, 0.4) is 0 Å². The largest absolute Gasteiger partial charge is 0.464 e.